The van der Waals surface area contributed by atoms with Crippen molar-refractivity contribution in [1.29, 1.82) is 21.2 Å². The van der Waals surface area contributed by atoms with Crippen LogP contribution in [-0.2, 0) is 15.3 Å². The van der Waals surface area contributed by atoms with Crippen molar-refractivity contribution in [2.24, 2.45) is 16.7 Å². The van der Waals surface area contributed by atoms with E-state index < -0.39 is 34.5 Å². The average molecular weight is 412 g/mol. The highest BCUT2D eigenvalue weighted by atomic mass is 16.7. The van der Waals surface area contributed by atoms with Crippen molar-refractivity contribution >= 4 is 5.90 Å². The summed E-state index contributed by atoms with van der Waals surface area (Å²) in [7, 11) is 0. The highest BCUT2D eigenvalue weighted by molar-refractivity contribution is 5.89. The zero-order valence-electron chi connectivity index (χ0n) is 17.1. The lowest BCUT2D eigenvalue weighted by Gasteiger charge is -2.48. The quantitative estimate of drug-likeness (QED) is 0.803. The van der Waals surface area contributed by atoms with Gasteiger partial charge in [0, 0.05) is 5.56 Å². The number of rotatable bonds is 4. The average Bonchev–Trinajstić information content (AvgIpc) is 2.97. The van der Waals surface area contributed by atoms with Crippen LogP contribution in [0.2, 0.25) is 0 Å². The van der Waals surface area contributed by atoms with E-state index in [1.807, 2.05) is 37.3 Å². The van der Waals surface area contributed by atoms with Crippen molar-refractivity contribution in [1.82, 2.24) is 0 Å². The number of ether oxygens (including phenoxy) is 3. The molecule has 4 rings (SSSR count). The number of fused-ring (bicyclic) bond motifs is 2. The van der Waals surface area contributed by atoms with Gasteiger partial charge in [0.15, 0.2) is 5.41 Å². The number of nitrogens with zero attached hydrogens (tertiary/aromatic N) is 3. The molecule has 2 bridgehead atoms. The molecule has 2 aliphatic rings. The number of hydrogen-bond donors (Lipinski definition) is 1. The van der Waals surface area contributed by atoms with Gasteiger partial charge in [-0.15, -0.1) is 0 Å². The Morgan fingerprint density at radius 2 is 1.65 bits per heavy atom. The smallest absolute Gasteiger partial charge is 0.244 e. The fourth-order valence-corrected chi connectivity index (χ4v) is 4.74. The first-order chi connectivity index (χ1) is 15.0. The van der Waals surface area contributed by atoms with Crippen LogP contribution in [0.4, 0.5) is 0 Å². The minimum absolute atomic E-state index is 0.428. The Kier molecular flexibility index (Phi) is 4.69. The minimum atomic E-state index is -1.99. The number of nitriles is 3. The van der Waals surface area contributed by atoms with Crippen LogP contribution in [0.25, 0.3) is 0 Å². The van der Waals surface area contributed by atoms with Crippen molar-refractivity contribution in [3.05, 3.63) is 65.7 Å². The second-order valence-electron chi connectivity index (χ2n) is 7.64. The fraction of sp³-hybridized carbons (Fsp3) is 0.333. The Balaban J connectivity index is 1.97. The van der Waals surface area contributed by atoms with E-state index in [4.69, 9.17) is 19.6 Å². The molecule has 0 radical (unpaired) electrons. The van der Waals surface area contributed by atoms with Gasteiger partial charge in [0.25, 0.3) is 0 Å². The molecular weight excluding hydrogens is 392 g/mol. The molecule has 0 spiro atoms. The van der Waals surface area contributed by atoms with E-state index in [-0.39, 0.29) is 0 Å². The zero-order valence-corrected chi connectivity index (χ0v) is 17.1. The van der Waals surface area contributed by atoms with Gasteiger partial charge in [-0.05, 0) is 24.6 Å². The third-order valence-corrected chi connectivity index (χ3v) is 6.34. The van der Waals surface area contributed by atoms with Crippen molar-refractivity contribution in [3.8, 4) is 24.0 Å². The molecule has 4 atom stereocenters. The monoisotopic (exact) mass is 412 g/mol. The Bertz CT molecular complexity index is 1130. The minimum Gasteiger partial charge on any atom is -0.494 e. The van der Waals surface area contributed by atoms with Gasteiger partial charge in [-0.2, -0.15) is 15.8 Å². The molecular formula is C24H20N4O3. The standard InChI is InChI=1S/C24H20N4O3/c1-3-29-19-11-9-17(10-12-19)20-22(13-25,14-26)23(15-27)16(2)24(30-20,31-21(23)28)18-7-5-4-6-8-18/h4-12,16,20,28H,3H2,1-2H3. The first-order valence-corrected chi connectivity index (χ1v) is 9.93. The van der Waals surface area contributed by atoms with Crippen LogP contribution in [0.15, 0.2) is 54.6 Å². The first kappa shape index (κ1) is 20.4. The molecule has 7 nitrogen and oxygen atoms in total. The van der Waals surface area contributed by atoms with E-state index in [0.717, 1.165) is 0 Å². The molecule has 154 valence electrons. The molecule has 2 aromatic carbocycles. The maximum atomic E-state index is 10.3. The highest BCUT2D eigenvalue weighted by Gasteiger charge is 2.79. The molecule has 0 aliphatic carbocycles. The normalized spacial score (nSPS) is 30.4. The Morgan fingerprint density at radius 1 is 1.00 bits per heavy atom. The van der Waals surface area contributed by atoms with E-state index in [1.54, 1.807) is 43.3 Å². The van der Waals surface area contributed by atoms with Gasteiger partial charge in [-0.1, -0.05) is 49.4 Å². The molecule has 0 saturated carbocycles. The van der Waals surface area contributed by atoms with Gasteiger partial charge in [-0.3, -0.25) is 5.41 Å². The molecule has 2 aliphatic heterocycles. The Labute approximate surface area is 180 Å². The van der Waals surface area contributed by atoms with E-state index in [1.165, 1.54) is 0 Å². The molecule has 0 aromatic heterocycles. The molecule has 7 heteroatoms. The van der Waals surface area contributed by atoms with Crippen molar-refractivity contribution in [3.63, 3.8) is 0 Å². The summed E-state index contributed by atoms with van der Waals surface area (Å²) < 4.78 is 17.9. The Morgan fingerprint density at radius 3 is 2.19 bits per heavy atom. The topological polar surface area (TPSA) is 123 Å². The van der Waals surface area contributed by atoms with Crippen molar-refractivity contribution < 1.29 is 14.2 Å². The summed E-state index contributed by atoms with van der Waals surface area (Å²) in [6, 6.07) is 22.1. The molecule has 2 saturated heterocycles. The van der Waals surface area contributed by atoms with Crippen LogP contribution >= 0.6 is 0 Å². The number of nitrogens with one attached hydrogen (secondary N) is 1. The molecule has 0 amide bonds. The summed E-state index contributed by atoms with van der Waals surface area (Å²) in [5, 5.41) is 39.4. The lowest BCUT2D eigenvalue weighted by molar-refractivity contribution is -0.288. The van der Waals surface area contributed by atoms with E-state index in [0.29, 0.717) is 23.5 Å². The second kappa shape index (κ2) is 7.13. The summed E-state index contributed by atoms with van der Waals surface area (Å²) in [6.45, 7) is 4.06. The van der Waals surface area contributed by atoms with Crippen molar-refractivity contribution in [2.75, 3.05) is 6.61 Å². The number of hydrogen-bond acceptors (Lipinski definition) is 7. The SMILES string of the molecule is CCOc1ccc(C2OC3(c4ccccc4)OC(=N)C(C#N)(C3C)C2(C#N)C#N)cc1. The summed E-state index contributed by atoms with van der Waals surface area (Å²) in [6.07, 6.45) is -1.13. The van der Waals surface area contributed by atoms with Gasteiger partial charge in [0.05, 0.1) is 30.7 Å². The molecule has 2 heterocycles. The van der Waals surface area contributed by atoms with Gasteiger partial charge in [0.1, 0.15) is 11.9 Å². The zero-order chi connectivity index (χ0) is 22.3. The predicted molar refractivity (Wildman–Crippen MR) is 109 cm³/mol. The first-order valence-electron chi connectivity index (χ1n) is 9.93. The molecule has 2 fully saturated rings. The van der Waals surface area contributed by atoms with E-state index in [2.05, 4.69) is 6.07 Å². The van der Waals surface area contributed by atoms with Crippen LogP contribution in [0.3, 0.4) is 0 Å². The second-order valence-corrected chi connectivity index (χ2v) is 7.64. The third-order valence-electron chi connectivity index (χ3n) is 6.34. The molecule has 1 N–H and O–H groups in total. The predicted octanol–water partition coefficient (Wildman–Crippen LogP) is 4.20. The van der Waals surface area contributed by atoms with Gasteiger partial charge in [0.2, 0.25) is 17.1 Å². The molecule has 2 aromatic rings. The molecule has 4 unspecified atom stereocenters. The Hall–Kier alpha value is -3.86. The van der Waals surface area contributed by atoms with E-state index >= 15 is 0 Å². The number of benzene rings is 2. The van der Waals surface area contributed by atoms with Gasteiger partial charge < -0.3 is 14.2 Å². The van der Waals surface area contributed by atoms with Crippen molar-refractivity contribution in [2.45, 2.75) is 25.7 Å². The van der Waals surface area contributed by atoms with Crippen LogP contribution in [0, 0.1) is 56.2 Å². The van der Waals surface area contributed by atoms with Crippen LogP contribution in [0.5, 0.6) is 5.75 Å². The fourth-order valence-electron chi connectivity index (χ4n) is 4.74. The molecule has 31 heavy (non-hydrogen) atoms. The van der Waals surface area contributed by atoms with Crippen LogP contribution in [-0.4, -0.2) is 12.5 Å². The maximum absolute atomic E-state index is 10.3. The third kappa shape index (κ3) is 2.43. The summed E-state index contributed by atoms with van der Waals surface area (Å²) in [5.41, 5.74) is -2.66. The maximum Gasteiger partial charge on any atom is 0.244 e. The lowest BCUT2D eigenvalue weighted by Crippen LogP contribution is -2.57. The largest absolute Gasteiger partial charge is 0.494 e. The lowest BCUT2D eigenvalue weighted by atomic mass is 9.53. The highest BCUT2D eigenvalue weighted by Crippen LogP contribution is 2.68. The van der Waals surface area contributed by atoms with Crippen LogP contribution in [0.1, 0.15) is 31.1 Å². The van der Waals surface area contributed by atoms with Crippen LogP contribution < -0.4 is 4.74 Å². The summed E-state index contributed by atoms with van der Waals surface area (Å²) >= 11 is 0. The van der Waals surface area contributed by atoms with Gasteiger partial charge in [-0.25, -0.2) is 0 Å². The van der Waals surface area contributed by atoms with E-state index in [9.17, 15) is 15.8 Å². The van der Waals surface area contributed by atoms with Gasteiger partial charge >= 0.3 is 0 Å². The summed E-state index contributed by atoms with van der Waals surface area (Å²) in [5.74, 6) is -2.05. The summed E-state index contributed by atoms with van der Waals surface area (Å²) in [4.78, 5) is 0.